The number of rotatable bonds is 5. The second-order valence-electron chi connectivity index (χ2n) is 5.30. The van der Waals surface area contributed by atoms with Crippen LogP contribution in [0.5, 0.6) is 0 Å². The Balaban J connectivity index is 2.02. The van der Waals surface area contributed by atoms with Gasteiger partial charge in [-0.2, -0.15) is 10.4 Å². The highest BCUT2D eigenvalue weighted by molar-refractivity contribution is 7.92. The maximum atomic E-state index is 12.6. The molecule has 0 saturated heterocycles. The zero-order valence-electron chi connectivity index (χ0n) is 13.2. The highest BCUT2D eigenvalue weighted by Gasteiger charge is 2.20. The van der Waals surface area contributed by atoms with Crippen LogP contribution in [-0.4, -0.2) is 23.2 Å². The molecule has 2 aromatic heterocycles. The molecule has 0 bridgehead atoms. The zero-order valence-corrected chi connectivity index (χ0v) is 14.8. The molecular formula is C16H14ClN5O2S. The Labute approximate surface area is 149 Å². The van der Waals surface area contributed by atoms with E-state index in [4.69, 9.17) is 16.9 Å². The number of allylic oxidation sites excluding steroid dienone is 1. The summed E-state index contributed by atoms with van der Waals surface area (Å²) >= 11 is 6.13. The van der Waals surface area contributed by atoms with E-state index in [0.717, 1.165) is 0 Å². The summed E-state index contributed by atoms with van der Waals surface area (Å²) in [5.74, 6) is 0. The molecule has 0 radical (unpaired) electrons. The fourth-order valence-electron chi connectivity index (χ4n) is 2.36. The number of benzene rings is 1. The van der Waals surface area contributed by atoms with Gasteiger partial charge in [-0.05, 0) is 18.6 Å². The molecule has 0 unspecified atom stereocenters. The molecule has 1 aromatic carbocycles. The van der Waals surface area contributed by atoms with E-state index in [1.54, 1.807) is 6.07 Å². The third kappa shape index (κ3) is 2.99. The lowest BCUT2D eigenvalue weighted by atomic mass is 10.1. The number of nitrogens with zero attached hydrogens (tertiary/aromatic N) is 3. The van der Waals surface area contributed by atoms with Gasteiger partial charge in [0, 0.05) is 17.3 Å². The van der Waals surface area contributed by atoms with Gasteiger partial charge in [0.2, 0.25) is 0 Å². The van der Waals surface area contributed by atoms with Crippen LogP contribution >= 0.6 is 11.6 Å². The van der Waals surface area contributed by atoms with Gasteiger partial charge in [0.25, 0.3) is 10.0 Å². The summed E-state index contributed by atoms with van der Waals surface area (Å²) < 4.78 is 29.2. The molecule has 3 aromatic rings. The number of aromatic nitrogens is 3. The standard InChI is InChI=1S/C16H14ClN5O2S/c1-3-10(2)22-9-12(8-20-22)25(23,24)21-14-5-4-13(17)15-11(6-18)7-19-16(14)15/h4-5,7-9,19,21H,2-3H2,1H3. The molecule has 2 N–H and O–H groups in total. The molecule has 7 nitrogen and oxygen atoms in total. The number of anilines is 1. The van der Waals surface area contributed by atoms with Crippen molar-refractivity contribution in [1.82, 2.24) is 14.8 Å². The molecular weight excluding hydrogens is 362 g/mol. The molecule has 2 heterocycles. The Morgan fingerprint density at radius 1 is 1.52 bits per heavy atom. The Bertz CT molecular complexity index is 1120. The van der Waals surface area contributed by atoms with E-state index in [1.807, 2.05) is 13.0 Å². The molecule has 9 heteroatoms. The van der Waals surface area contributed by atoms with Gasteiger partial charge in [-0.1, -0.05) is 25.1 Å². The number of nitriles is 1. The number of nitrogens with one attached hydrogen (secondary N) is 2. The number of aromatic amines is 1. The summed E-state index contributed by atoms with van der Waals surface area (Å²) in [6.45, 7) is 5.72. The number of hydrogen-bond acceptors (Lipinski definition) is 4. The van der Waals surface area contributed by atoms with Crippen molar-refractivity contribution in [2.24, 2.45) is 0 Å². The lowest BCUT2D eigenvalue weighted by Gasteiger charge is -2.08. The first-order valence-corrected chi connectivity index (χ1v) is 9.18. The number of H-pyrrole nitrogens is 1. The average Bonchev–Trinajstić information content (AvgIpc) is 3.24. The molecule has 0 aliphatic carbocycles. The number of halogens is 1. The van der Waals surface area contributed by atoms with Gasteiger partial charge in [-0.25, -0.2) is 13.1 Å². The summed E-state index contributed by atoms with van der Waals surface area (Å²) in [6.07, 6.45) is 4.78. The van der Waals surface area contributed by atoms with Crippen molar-refractivity contribution in [3.8, 4) is 6.07 Å². The predicted octanol–water partition coefficient (Wildman–Crippen LogP) is 3.57. The largest absolute Gasteiger partial charge is 0.358 e. The molecule has 0 amide bonds. The second-order valence-corrected chi connectivity index (χ2v) is 7.39. The van der Waals surface area contributed by atoms with Crippen LogP contribution < -0.4 is 4.72 Å². The Kier molecular flexibility index (Phi) is 4.29. The van der Waals surface area contributed by atoms with Crippen molar-refractivity contribution in [3.63, 3.8) is 0 Å². The van der Waals surface area contributed by atoms with Gasteiger partial charge < -0.3 is 4.98 Å². The van der Waals surface area contributed by atoms with Crippen molar-refractivity contribution >= 4 is 43.9 Å². The topological polar surface area (TPSA) is 104 Å². The van der Waals surface area contributed by atoms with Crippen LogP contribution in [0.25, 0.3) is 16.6 Å². The molecule has 0 aliphatic heterocycles. The summed E-state index contributed by atoms with van der Waals surface area (Å²) in [5.41, 5.74) is 1.76. The van der Waals surface area contributed by atoms with Crippen molar-refractivity contribution in [2.75, 3.05) is 4.72 Å². The smallest absolute Gasteiger partial charge is 0.265 e. The van der Waals surface area contributed by atoms with Crippen molar-refractivity contribution in [3.05, 3.63) is 47.9 Å². The molecule has 128 valence electrons. The molecule has 0 saturated carbocycles. The van der Waals surface area contributed by atoms with Crippen LogP contribution in [0.2, 0.25) is 5.02 Å². The molecule has 0 atom stereocenters. The minimum atomic E-state index is -3.86. The average molecular weight is 376 g/mol. The van der Waals surface area contributed by atoms with E-state index < -0.39 is 10.0 Å². The summed E-state index contributed by atoms with van der Waals surface area (Å²) in [6, 6.07) is 5.10. The zero-order chi connectivity index (χ0) is 18.2. The quantitative estimate of drug-likeness (QED) is 0.711. The first-order valence-electron chi connectivity index (χ1n) is 7.32. The third-order valence-electron chi connectivity index (χ3n) is 3.75. The van der Waals surface area contributed by atoms with Crippen LogP contribution in [0.1, 0.15) is 18.9 Å². The Morgan fingerprint density at radius 2 is 2.28 bits per heavy atom. The first-order chi connectivity index (χ1) is 11.9. The van der Waals surface area contributed by atoms with Crippen LogP contribution in [0.15, 0.2) is 42.2 Å². The van der Waals surface area contributed by atoms with E-state index >= 15 is 0 Å². The summed E-state index contributed by atoms with van der Waals surface area (Å²) in [5, 5.41) is 14.0. The van der Waals surface area contributed by atoms with Crippen LogP contribution in [0, 0.1) is 11.3 Å². The number of fused-ring (bicyclic) bond motifs is 1. The number of sulfonamides is 1. The first kappa shape index (κ1) is 17.1. The van der Waals surface area contributed by atoms with Gasteiger partial charge in [0.05, 0.1) is 34.2 Å². The van der Waals surface area contributed by atoms with Crippen LogP contribution in [0.3, 0.4) is 0 Å². The van der Waals surface area contributed by atoms with E-state index in [-0.39, 0.29) is 4.90 Å². The van der Waals surface area contributed by atoms with Crippen molar-refractivity contribution in [2.45, 2.75) is 18.2 Å². The van der Waals surface area contributed by atoms with Crippen molar-refractivity contribution < 1.29 is 8.42 Å². The monoisotopic (exact) mass is 375 g/mol. The van der Waals surface area contributed by atoms with E-state index in [0.29, 0.717) is 39.3 Å². The molecule has 25 heavy (non-hydrogen) atoms. The minimum Gasteiger partial charge on any atom is -0.358 e. The maximum Gasteiger partial charge on any atom is 0.265 e. The summed E-state index contributed by atoms with van der Waals surface area (Å²) in [4.78, 5) is 2.90. The SMILES string of the molecule is C=C(CC)n1cc(S(=O)(=O)Nc2ccc(Cl)c3c(C#N)c[nH]c23)cn1. The van der Waals surface area contributed by atoms with Crippen molar-refractivity contribution in [1.29, 1.82) is 5.26 Å². The van der Waals surface area contributed by atoms with Gasteiger partial charge in [0.15, 0.2) is 0 Å². The molecule has 3 rings (SSSR count). The summed E-state index contributed by atoms with van der Waals surface area (Å²) in [7, 11) is -3.86. The van der Waals surface area contributed by atoms with Gasteiger partial charge >= 0.3 is 0 Å². The van der Waals surface area contributed by atoms with Gasteiger partial charge in [0.1, 0.15) is 11.0 Å². The lowest BCUT2D eigenvalue weighted by molar-refractivity contribution is 0.601. The highest BCUT2D eigenvalue weighted by atomic mass is 35.5. The number of hydrogen-bond donors (Lipinski definition) is 2. The van der Waals surface area contributed by atoms with Crippen LogP contribution in [0.4, 0.5) is 5.69 Å². The second kappa shape index (κ2) is 6.27. The maximum absolute atomic E-state index is 12.6. The molecule has 0 aliphatic rings. The van der Waals surface area contributed by atoms with Gasteiger partial charge in [-0.3, -0.25) is 4.72 Å². The fourth-order valence-corrected chi connectivity index (χ4v) is 3.63. The Morgan fingerprint density at radius 3 is 2.96 bits per heavy atom. The van der Waals surface area contributed by atoms with E-state index in [2.05, 4.69) is 21.4 Å². The molecule has 0 fully saturated rings. The normalized spacial score (nSPS) is 11.4. The minimum absolute atomic E-state index is 0.0114. The lowest BCUT2D eigenvalue weighted by Crippen LogP contribution is -2.12. The van der Waals surface area contributed by atoms with Gasteiger partial charge in [-0.15, -0.1) is 0 Å². The van der Waals surface area contributed by atoms with E-state index in [9.17, 15) is 8.42 Å². The third-order valence-corrected chi connectivity index (χ3v) is 5.39. The molecule has 0 spiro atoms. The van der Waals surface area contributed by atoms with E-state index in [1.165, 1.54) is 29.3 Å². The fraction of sp³-hybridized carbons (Fsp3) is 0.125. The highest BCUT2D eigenvalue weighted by Crippen LogP contribution is 2.32. The van der Waals surface area contributed by atoms with Crippen LogP contribution in [-0.2, 0) is 10.0 Å². The Hall–Kier alpha value is -2.76. The predicted molar refractivity (Wildman–Crippen MR) is 96.7 cm³/mol.